The maximum atomic E-state index is 8.61. The van der Waals surface area contributed by atoms with Crippen molar-refractivity contribution in [3.8, 4) is 6.01 Å². The summed E-state index contributed by atoms with van der Waals surface area (Å²) in [7, 11) is 0. The van der Waals surface area contributed by atoms with Gasteiger partial charge in [0.15, 0.2) is 5.84 Å². The van der Waals surface area contributed by atoms with Crippen molar-refractivity contribution in [2.24, 2.45) is 10.9 Å². The molecule has 1 atom stereocenters. The molecule has 7 nitrogen and oxygen atoms in total. The molecule has 0 spiro atoms. The van der Waals surface area contributed by atoms with E-state index >= 15 is 0 Å². The van der Waals surface area contributed by atoms with Gasteiger partial charge < -0.3 is 20.4 Å². The van der Waals surface area contributed by atoms with Crippen molar-refractivity contribution in [3.05, 3.63) is 17.5 Å². The van der Waals surface area contributed by atoms with E-state index < -0.39 is 0 Å². The van der Waals surface area contributed by atoms with Crippen molar-refractivity contribution < 1.29 is 14.7 Å². The Kier molecular flexibility index (Phi) is 3.93. The van der Waals surface area contributed by atoms with E-state index in [1.54, 1.807) is 13.0 Å². The van der Waals surface area contributed by atoms with Gasteiger partial charge in [0, 0.05) is 12.3 Å². The van der Waals surface area contributed by atoms with Crippen molar-refractivity contribution >= 4 is 5.84 Å². The van der Waals surface area contributed by atoms with E-state index in [-0.39, 0.29) is 18.0 Å². The summed E-state index contributed by atoms with van der Waals surface area (Å²) in [5, 5.41) is 11.5. The molecular formula is C11H16N4O3. The first-order valence-electron chi connectivity index (χ1n) is 5.77. The van der Waals surface area contributed by atoms with Crippen molar-refractivity contribution in [1.29, 1.82) is 0 Å². The number of oxime groups is 1. The maximum Gasteiger partial charge on any atom is 0.317 e. The van der Waals surface area contributed by atoms with Gasteiger partial charge in [-0.25, -0.2) is 4.98 Å². The van der Waals surface area contributed by atoms with Gasteiger partial charge in [0.25, 0.3) is 0 Å². The number of aromatic nitrogens is 2. The Balaban J connectivity index is 2.05. The molecule has 0 aliphatic carbocycles. The molecule has 7 heteroatoms. The van der Waals surface area contributed by atoms with Crippen molar-refractivity contribution in [3.63, 3.8) is 0 Å². The summed E-state index contributed by atoms with van der Waals surface area (Å²) >= 11 is 0. The molecule has 1 aliphatic heterocycles. The number of rotatable bonds is 4. The second-order valence-corrected chi connectivity index (χ2v) is 4.11. The highest BCUT2D eigenvalue weighted by Gasteiger charge is 2.17. The fourth-order valence-electron chi connectivity index (χ4n) is 1.73. The zero-order valence-electron chi connectivity index (χ0n) is 10.2. The van der Waals surface area contributed by atoms with Crippen LogP contribution in [0.3, 0.4) is 0 Å². The van der Waals surface area contributed by atoms with Crippen LogP contribution in [0.25, 0.3) is 0 Å². The van der Waals surface area contributed by atoms with Gasteiger partial charge in [0.1, 0.15) is 12.3 Å². The predicted octanol–water partition coefficient (Wildman–Crippen LogP) is 0.437. The molecule has 0 radical (unpaired) electrons. The third kappa shape index (κ3) is 3.07. The molecule has 2 heterocycles. The van der Waals surface area contributed by atoms with E-state index in [4.69, 9.17) is 20.4 Å². The first-order chi connectivity index (χ1) is 8.69. The molecule has 0 saturated carbocycles. The number of amidine groups is 1. The number of nitrogens with two attached hydrogens (primary N) is 1. The second kappa shape index (κ2) is 5.63. The zero-order valence-corrected chi connectivity index (χ0v) is 10.2. The predicted molar refractivity (Wildman–Crippen MR) is 63.7 cm³/mol. The quantitative estimate of drug-likeness (QED) is 0.349. The minimum atomic E-state index is -0.0672. The molecule has 1 aromatic rings. The normalized spacial score (nSPS) is 20.1. The van der Waals surface area contributed by atoms with Crippen LogP contribution in [0.2, 0.25) is 0 Å². The topological polar surface area (TPSA) is 103 Å². The first-order valence-corrected chi connectivity index (χ1v) is 5.77. The van der Waals surface area contributed by atoms with Gasteiger partial charge in [-0.15, -0.1) is 0 Å². The van der Waals surface area contributed by atoms with Gasteiger partial charge in [-0.3, -0.25) is 0 Å². The molecule has 18 heavy (non-hydrogen) atoms. The largest absolute Gasteiger partial charge is 0.461 e. The highest BCUT2D eigenvalue weighted by Crippen LogP contribution is 2.14. The molecule has 2 rings (SSSR count). The molecule has 0 aromatic carbocycles. The van der Waals surface area contributed by atoms with Crippen LogP contribution in [-0.2, 0) is 4.74 Å². The molecular weight excluding hydrogens is 236 g/mol. The summed E-state index contributed by atoms with van der Waals surface area (Å²) in [5.74, 6) is -0.0672. The molecule has 1 fully saturated rings. The van der Waals surface area contributed by atoms with Crippen LogP contribution in [0.15, 0.2) is 11.2 Å². The van der Waals surface area contributed by atoms with Gasteiger partial charge in [-0.1, -0.05) is 5.16 Å². The number of nitrogens with zero attached hydrogens (tertiary/aromatic N) is 3. The summed E-state index contributed by atoms with van der Waals surface area (Å²) in [6.07, 6.45) is 2.14. The minimum Gasteiger partial charge on any atom is -0.461 e. The van der Waals surface area contributed by atoms with Crippen LogP contribution in [0, 0.1) is 6.92 Å². The number of ether oxygens (including phenoxy) is 2. The third-order valence-corrected chi connectivity index (χ3v) is 2.63. The van der Waals surface area contributed by atoms with Crippen molar-refractivity contribution in [2.75, 3.05) is 13.2 Å². The fourth-order valence-corrected chi connectivity index (χ4v) is 1.73. The molecule has 1 aliphatic rings. The molecule has 1 aromatic heterocycles. The summed E-state index contributed by atoms with van der Waals surface area (Å²) in [5.41, 5.74) is 6.51. The molecule has 98 valence electrons. The van der Waals surface area contributed by atoms with E-state index in [0.717, 1.165) is 19.4 Å². The van der Waals surface area contributed by atoms with Crippen LogP contribution < -0.4 is 10.5 Å². The maximum absolute atomic E-state index is 8.61. The average molecular weight is 252 g/mol. The first kappa shape index (κ1) is 12.6. The summed E-state index contributed by atoms with van der Waals surface area (Å²) in [6.45, 7) is 2.98. The lowest BCUT2D eigenvalue weighted by molar-refractivity contribution is 0.0644. The second-order valence-electron chi connectivity index (χ2n) is 4.11. The molecule has 1 unspecified atom stereocenters. The van der Waals surface area contributed by atoms with Gasteiger partial charge in [-0.05, 0) is 25.8 Å². The SMILES string of the molecule is Cc1cc(/C(N)=N/O)nc(OCC2CCCO2)n1. The van der Waals surface area contributed by atoms with E-state index in [0.29, 0.717) is 18.0 Å². The Morgan fingerprint density at radius 1 is 1.67 bits per heavy atom. The Labute approximate surface area is 105 Å². The average Bonchev–Trinajstić information content (AvgIpc) is 2.88. The Hall–Kier alpha value is -1.89. The van der Waals surface area contributed by atoms with Gasteiger partial charge >= 0.3 is 6.01 Å². The summed E-state index contributed by atoms with van der Waals surface area (Å²) in [4.78, 5) is 8.19. The summed E-state index contributed by atoms with van der Waals surface area (Å²) < 4.78 is 10.9. The highest BCUT2D eigenvalue weighted by molar-refractivity contribution is 5.95. The van der Waals surface area contributed by atoms with Crippen LogP contribution >= 0.6 is 0 Å². The van der Waals surface area contributed by atoms with Crippen LogP contribution in [-0.4, -0.2) is 40.3 Å². The van der Waals surface area contributed by atoms with Crippen LogP contribution in [0.5, 0.6) is 6.01 Å². The fraction of sp³-hybridized carbons (Fsp3) is 0.545. The van der Waals surface area contributed by atoms with Crippen LogP contribution in [0.1, 0.15) is 24.2 Å². The Morgan fingerprint density at radius 3 is 3.17 bits per heavy atom. The van der Waals surface area contributed by atoms with Crippen molar-refractivity contribution in [2.45, 2.75) is 25.9 Å². The van der Waals surface area contributed by atoms with Gasteiger partial charge in [0.2, 0.25) is 0 Å². The lowest BCUT2D eigenvalue weighted by Crippen LogP contribution is -2.20. The highest BCUT2D eigenvalue weighted by atomic mass is 16.5. The van der Waals surface area contributed by atoms with Gasteiger partial charge in [0.05, 0.1) is 6.10 Å². The lowest BCUT2D eigenvalue weighted by Gasteiger charge is -2.11. The lowest BCUT2D eigenvalue weighted by atomic mass is 10.2. The molecule has 0 amide bonds. The molecule has 3 N–H and O–H groups in total. The Morgan fingerprint density at radius 2 is 2.50 bits per heavy atom. The molecule has 0 bridgehead atoms. The third-order valence-electron chi connectivity index (χ3n) is 2.63. The standard InChI is InChI=1S/C11H16N4O3/c1-7-5-9(10(12)15-16)14-11(13-7)18-6-8-3-2-4-17-8/h5,8,16H,2-4,6H2,1H3,(H2,12,15). The van der Waals surface area contributed by atoms with E-state index in [1.165, 1.54) is 0 Å². The van der Waals surface area contributed by atoms with Crippen LogP contribution in [0.4, 0.5) is 0 Å². The van der Waals surface area contributed by atoms with E-state index in [2.05, 4.69) is 15.1 Å². The smallest absolute Gasteiger partial charge is 0.317 e. The Bertz CT molecular complexity index is 444. The van der Waals surface area contributed by atoms with Crippen molar-refractivity contribution in [1.82, 2.24) is 9.97 Å². The number of hydrogen-bond acceptors (Lipinski definition) is 6. The minimum absolute atomic E-state index is 0.0672. The number of aryl methyl sites for hydroxylation is 1. The zero-order chi connectivity index (χ0) is 13.0. The molecule has 1 saturated heterocycles. The van der Waals surface area contributed by atoms with E-state index in [9.17, 15) is 0 Å². The van der Waals surface area contributed by atoms with E-state index in [1.807, 2.05) is 0 Å². The monoisotopic (exact) mass is 252 g/mol. The number of hydrogen-bond donors (Lipinski definition) is 2. The summed E-state index contributed by atoms with van der Waals surface area (Å²) in [6, 6.07) is 1.83. The van der Waals surface area contributed by atoms with Gasteiger partial charge in [-0.2, -0.15) is 4.98 Å².